The van der Waals surface area contributed by atoms with Crippen molar-refractivity contribution in [1.29, 1.82) is 0 Å². The number of rotatable bonds is 1. The highest BCUT2D eigenvalue weighted by atomic mass is 16.1. The zero-order valence-corrected chi connectivity index (χ0v) is 12.3. The maximum absolute atomic E-state index is 11.3. The van der Waals surface area contributed by atoms with Gasteiger partial charge in [0.2, 0.25) is 5.91 Å². The van der Waals surface area contributed by atoms with Crippen molar-refractivity contribution in [3.63, 3.8) is 0 Å². The molecule has 2 N–H and O–H groups in total. The summed E-state index contributed by atoms with van der Waals surface area (Å²) in [4.78, 5) is 15.9. The van der Waals surface area contributed by atoms with E-state index in [4.69, 9.17) is 0 Å². The Morgan fingerprint density at radius 2 is 2.15 bits per heavy atom. The largest absolute Gasteiger partial charge is 0.366 e. The van der Waals surface area contributed by atoms with E-state index in [9.17, 15) is 4.79 Å². The lowest BCUT2D eigenvalue weighted by atomic mass is 9.76. The van der Waals surface area contributed by atoms with Crippen LogP contribution < -0.4 is 10.6 Å². The number of fused-ring (bicyclic) bond motifs is 1. The fourth-order valence-corrected chi connectivity index (χ4v) is 3.41. The third-order valence-electron chi connectivity index (χ3n) is 4.41. The summed E-state index contributed by atoms with van der Waals surface area (Å²) in [6, 6.07) is 4.13. The summed E-state index contributed by atoms with van der Waals surface area (Å²) in [5.41, 5.74) is 5.05. The van der Waals surface area contributed by atoms with Crippen LogP contribution in [0.15, 0.2) is 17.1 Å². The van der Waals surface area contributed by atoms with Crippen molar-refractivity contribution < 1.29 is 4.79 Å². The highest BCUT2D eigenvalue weighted by Crippen LogP contribution is 2.36. The van der Waals surface area contributed by atoms with Gasteiger partial charge >= 0.3 is 0 Å². The van der Waals surface area contributed by atoms with Crippen LogP contribution in [0.3, 0.4) is 0 Å². The molecule has 20 heavy (non-hydrogen) atoms. The molecule has 3 rings (SSSR count). The van der Waals surface area contributed by atoms with Gasteiger partial charge in [0.1, 0.15) is 0 Å². The normalized spacial score (nSPS) is 24.1. The molecule has 106 valence electrons. The zero-order chi connectivity index (χ0) is 14.3. The first-order valence-corrected chi connectivity index (χ1v) is 7.17. The predicted octanol–water partition coefficient (Wildman–Crippen LogP) is 2.20. The quantitative estimate of drug-likeness (QED) is 0.822. The summed E-state index contributed by atoms with van der Waals surface area (Å²) in [7, 11) is 0. The highest BCUT2D eigenvalue weighted by Gasteiger charge is 2.38. The van der Waals surface area contributed by atoms with Crippen LogP contribution in [-0.2, 0) is 17.6 Å². The smallest absolute Gasteiger partial charge is 0.221 e. The van der Waals surface area contributed by atoms with Gasteiger partial charge < -0.3 is 10.6 Å². The lowest BCUT2D eigenvalue weighted by Crippen LogP contribution is -2.49. The maximum atomic E-state index is 11.3. The number of carbonyl (C=O) groups excluding carboxylic acids is 1. The molecular formula is C16H21N3O. The second-order valence-corrected chi connectivity index (χ2v) is 6.05. The fraction of sp³-hybridized carbons (Fsp3) is 0.500. The average Bonchev–Trinajstić information content (AvgIpc) is 2.74. The highest BCUT2D eigenvalue weighted by molar-refractivity contribution is 5.90. The maximum Gasteiger partial charge on any atom is 0.221 e. The van der Waals surface area contributed by atoms with Gasteiger partial charge in [-0.3, -0.25) is 9.79 Å². The minimum atomic E-state index is -0.00508. The van der Waals surface area contributed by atoms with Gasteiger partial charge in [0.25, 0.3) is 0 Å². The van der Waals surface area contributed by atoms with Crippen molar-refractivity contribution in [2.24, 2.45) is 4.99 Å². The molecule has 0 aromatic heterocycles. The number of anilines is 1. The van der Waals surface area contributed by atoms with E-state index in [2.05, 4.69) is 28.6 Å². The van der Waals surface area contributed by atoms with Gasteiger partial charge in [0.15, 0.2) is 0 Å². The van der Waals surface area contributed by atoms with Crippen molar-refractivity contribution in [1.82, 2.24) is 5.32 Å². The molecule has 0 radical (unpaired) electrons. The summed E-state index contributed by atoms with van der Waals surface area (Å²) in [6.45, 7) is 6.61. The van der Waals surface area contributed by atoms with Gasteiger partial charge in [-0.25, -0.2) is 0 Å². The summed E-state index contributed by atoms with van der Waals surface area (Å²) >= 11 is 0. The first-order chi connectivity index (χ1) is 9.49. The number of amides is 1. The van der Waals surface area contributed by atoms with E-state index in [1.807, 2.05) is 13.0 Å². The van der Waals surface area contributed by atoms with Gasteiger partial charge in [-0.15, -0.1) is 0 Å². The molecule has 0 bridgehead atoms. The molecule has 1 aromatic rings. The number of benzene rings is 1. The Hall–Kier alpha value is -1.84. The number of hydrogen-bond acceptors (Lipinski definition) is 3. The average molecular weight is 271 g/mol. The Morgan fingerprint density at radius 1 is 1.35 bits per heavy atom. The molecule has 0 saturated heterocycles. The van der Waals surface area contributed by atoms with Gasteiger partial charge in [-0.1, -0.05) is 6.07 Å². The third kappa shape index (κ3) is 2.19. The van der Waals surface area contributed by atoms with E-state index >= 15 is 0 Å². The van der Waals surface area contributed by atoms with Crippen LogP contribution in [0.1, 0.15) is 37.0 Å². The molecule has 1 spiro atoms. The Labute approximate surface area is 119 Å². The van der Waals surface area contributed by atoms with Crippen LogP contribution in [0.25, 0.3) is 0 Å². The van der Waals surface area contributed by atoms with Gasteiger partial charge in [-0.2, -0.15) is 0 Å². The Kier molecular flexibility index (Phi) is 3.04. The number of nitrogens with zero attached hydrogens (tertiary/aromatic N) is 1. The topological polar surface area (TPSA) is 53.5 Å². The summed E-state index contributed by atoms with van der Waals surface area (Å²) in [5, 5.41) is 6.52. The van der Waals surface area contributed by atoms with Crippen LogP contribution >= 0.6 is 0 Å². The van der Waals surface area contributed by atoms with Gasteiger partial charge in [0, 0.05) is 12.6 Å². The first-order valence-electron chi connectivity index (χ1n) is 7.17. The molecule has 1 atom stereocenters. The fourth-order valence-electron chi connectivity index (χ4n) is 3.41. The van der Waals surface area contributed by atoms with Crippen LogP contribution in [0.5, 0.6) is 0 Å². The van der Waals surface area contributed by atoms with E-state index in [0.717, 1.165) is 37.3 Å². The SMILES string of the molecule is CC(=O)Nc1ccc(C)c2c1CCC1(CN=C(C)N1)C2. The molecule has 4 nitrogen and oxygen atoms in total. The van der Waals surface area contributed by atoms with E-state index in [0.29, 0.717) is 0 Å². The second kappa shape index (κ2) is 4.62. The number of nitrogens with one attached hydrogen (secondary N) is 2. The van der Waals surface area contributed by atoms with Crippen LogP contribution in [0.4, 0.5) is 5.69 Å². The monoisotopic (exact) mass is 271 g/mol. The molecule has 1 aliphatic carbocycles. The number of amidine groups is 1. The summed E-state index contributed by atoms with van der Waals surface area (Å²) in [5.74, 6) is 1.04. The van der Waals surface area contributed by atoms with E-state index in [1.165, 1.54) is 16.7 Å². The number of hydrogen-bond donors (Lipinski definition) is 2. The van der Waals surface area contributed by atoms with Crippen molar-refractivity contribution >= 4 is 17.4 Å². The molecule has 0 saturated carbocycles. The molecule has 1 aliphatic heterocycles. The number of aliphatic imine (C=N–C) groups is 1. The lowest BCUT2D eigenvalue weighted by molar-refractivity contribution is -0.114. The molecule has 1 unspecified atom stereocenters. The van der Waals surface area contributed by atoms with Crippen molar-refractivity contribution in [3.05, 3.63) is 28.8 Å². The third-order valence-corrected chi connectivity index (χ3v) is 4.41. The van der Waals surface area contributed by atoms with Gasteiger partial charge in [-0.05, 0) is 55.9 Å². The number of aryl methyl sites for hydroxylation is 1. The van der Waals surface area contributed by atoms with E-state index in [-0.39, 0.29) is 11.4 Å². The van der Waals surface area contributed by atoms with Crippen LogP contribution in [-0.4, -0.2) is 23.8 Å². The minimum Gasteiger partial charge on any atom is -0.366 e. The summed E-state index contributed by atoms with van der Waals surface area (Å²) < 4.78 is 0. The van der Waals surface area contributed by atoms with E-state index < -0.39 is 0 Å². The first kappa shape index (κ1) is 13.2. The van der Waals surface area contributed by atoms with Crippen molar-refractivity contribution in [2.75, 3.05) is 11.9 Å². The van der Waals surface area contributed by atoms with Crippen molar-refractivity contribution in [2.45, 2.75) is 45.6 Å². The molecule has 0 fully saturated rings. The predicted molar refractivity (Wildman–Crippen MR) is 81.4 cm³/mol. The molecule has 1 aromatic carbocycles. The number of carbonyl (C=O) groups is 1. The Morgan fingerprint density at radius 3 is 2.80 bits per heavy atom. The Bertz CT molecular complexity index is 606. The lowest BCUT2D eigenvalue weighted by Gasteiger charge is -2.36. The van der Waals surface area contributed by atoms with Crippen LogP contribution in [0, 0.1) is 6.92 Å². The molecule has 2 aliphatic rings. The van der Waals surface area contributed by atoms with E-state index in [1.54, 1.807) is 6.92 Å². The summed E-state index contributed by atoms with van der Waals surface area (Å²) in [6.07, 6.45) is 3.04. The molecular weight excluding hydrogens is 250 g/mol. The molecule has 1 heterocycles. The second-order valence-electron chi connectivity index (χ2n) is 6.05. The minimum absolute atomic E-state index is 0.00508. The standard InChI is InChI=1S/C16H21N3O/c1-10-4-5-15(18-12(3)20)13-6-7-16(8-14(10)13)9-17-11(2)19-16/h4-5H,6-9H2,1-3H3,(H,17,19)(H,18,20). The van der Waals surface area contributed by atoms with Crippen LogP contribution in [0.2, 0.25) is 0 Å². The van der Waals surface area contributed by atoms with Gasteiger partial charge in [0.05, 0.1) is 17.9 Å². The molecule has 4 heteroatoms. The van der Waals surface area contributed by atoms with Crippen molar-refractivity contribution in [3.8, 4) is 0 Å². The zero-order valence-electron chi connectivity index (χ0n) is 12.3. The molecule has 1 amide bonds. The Balaban J connectivity index is 1.95.